The molecule has 0 aromatic rings. The van der Waals surface area contributed by atoms with Crippen LogP contribution in [0.3, 0.4) is 0 Å². The topological polar surface area (TPSA) is 0 Å². The third kappa shape index (κ3) is 15.9. The van der Waals surface area contributed by atoms with Crippen LogP contribution in [0.2, 0.25) is 0 Å². The monoisotopic (exact) mass is 544 g/mol. The molecule has 0 N–H and O–H groups in total. The van der Waals surface area contributed by atoms with Crippen molar-refractivity contribution in [2.24, 2.45) is 29.6 Å². The molecule has 1 fully saturated rings. The molecule has 202 valence electrons. The van der Waals surface area contributed by atoms with Crippen LogP contribution >= 0.6 is 0 Å². The molecule has 2 unspecified atom stereocenters. The molecule has 0 heterocycles. The molecule has 0 saturated heterocycles. The average Bonchev–Trinajstić information content (AvgIpc) is 3.39. The van der Waals surface area contributed by atoms with Crippen LogP contribution in [0.4, 0.5) is 0 Å². The van der Waals surface area contributed by atoms with E-state index in [1.165, 1.54) is 25.7 Å². The minimum atomic E-state index is 0. The summed E-state index contributed by atoms with van der Waals surface area (Å²) in [6.07, 6.45) is 5.95. The van der Waals surface area contributed by atoms with Crippen LogP contribution in [0, 0.1) is 59.3 Å². The third-order valence-corrected chi connectivity index (χ3v) is 6.66. The quantitative estimate of drug-likeness (QED) is 0.265. The second-order valence-electron chi connectivity index (χ2n) is 7.76. The zero-order chi connectivity index (χ0) is 23.0. The van der Waals surface area contributed by atoms with E-state index in [0.717, 1.165) is 29.6 Å². The number of rotatable bonds is 0. The Bertz CT molecular complexity index is 424. The van der Waals surface area contributed by atoms with Crippen LogP contribution in [-0.2, 0) is 26.2 Å². The summed E-state index contributed by atoms with van der Waals surface area (Å²) in [5.41, 5.74) is 6.58. The Labute approximate surface area is 236 Å². The molecule has 0 bridgehead atoms. The van der Waals surface area contributed by atoms with Crippen molar-refractivity contribution in [1.82, 2.24) is 0 Å². The molecule has 0 aromatic heterocycles. The Morgan fingerprint density at radius 3 is 1.12 bits per heavy atom. The first-order valence-corrected chi connectivity index (χ1v) is 12.7. The van der Waals surface area contributed by atoms with Crippen LogP contribution in [0.15, 0.2) is 22.3 Å². The first-order valence-electron chi connectivity index (χ1n) is 12.7. The largest absolute Gasteiger partial charge is 4.00 e. The molecule has 3 aliphatic carbocycles. The van der Waals surface area contributed by atoms with Gasteiger partial charge in [-0.3, -0.25) is 0 Å². The molecule has 3 aliphatic rings. The summed E-state index contributed by atoms with van der Waals surface area (Å²) in [7, 11) is 0. The van der Waals surface area contributed by atoms with Gasteiger partial charge in [0.15, 0.2) is 0 Å². The second-order valence-corrected chi connectivity index (χ2v) is 7.76. The third-order valence-electron chi connectivity index (χ3n) is 6.66. The van der Waals surface area contributed by atoms with Crippen molar-refractivity contribution in [2.45, 2.75) is 130 Å². The predicted molar refractivity (Wildman–Crippen MR) is 161 cm³/mol. The van der Waals surface area contributed by atoms with Crippen molar-refractivity contribution in [2.75, 3.05) is 0 Å². The van der Waals surface area contributed by atoms with E-state index >= 15 is 0 Å². The van der Waals surface area contributed by atoms with Gasteiger partial charge >= 0.3 is 26.2 Å². The Balaban J connectivity index is -0.0000000475. The van der Waals surface area contributed by atoms with Crippen molar-refractivity contribution >= 4 is 0 Å². The molecule has 0 nitrogen and oxygen atoms in total. The van der Waals surface area contributed by atoms with Gasteiger partial charge in [0.05, 0.1) is 0 Å². The molecule has 3 rings (SSSR count). The molecule has 0 spiro atoms. The molecule has 0 aromatic carbocycles. The minimum Gasteiger partial charge on any atom is -0.358 e. The molecule has 0 amide bonds. The van der Waals surface area contributed by atoms with E-state index in [1.807, 2.05) is 55.4 Å². The van der Waals surface area contributed by atoms with Gasteiger partial charge in [0.25, 0.3) is 0 Å². The van der Waals surface area contributed by atoms with Crippen LogP contribution in [0.5, 0.6) is 0 Å². The SMILES string of the molecule is CC.CC.CC.CC.CC1=C(C)[C@H](C)C2C1=C(C)C(C)[C@H]2C.CC1CCCC1.[CH3-].[CH3-].[CH3-].[CH3-].[Zr+4]. The van der Waals surface area contributed by atoms with Gasteiger partial charge in [0, 0.05) is 0 Å². The smallest absolute Gasteiger partial charge is 0.358 e. The van der Waals surface area contributed by atoms with E-state index in [1.54, 1.807) is 22.3 Å². The maximum Gasteiger partial charge on any atom is 4.00 e. The minimum absolute atomic E-state index is 0. The summed E-state index contributed by atoms with van der Waals surface area (Å²) < 4.78 is 0. The summed E-state index contributed by atoms with van der Waals surface area (Å²) >= 11 is 0. The van der Waals surface area contributed by atoms with E-state index in [9.17, 15) is 0 Å². The van der Waals surface area contributed by atoms with Crippen molar-refractivity contribution in [1.29, 1.82) is 0 Å². The van der Waals surface area contributed by atoms with Crippen LogP contribution in [0.1, 0.15) is 130 Å². The zero-order valence-corrected chi connectivity index (χ0v) is 29.7. The molecular formula is C32H70Zr. The van der Waals surface area contributed by atoms with E-state index in [4.69, 9.17) is 0 Å². The van der Waals surface area contributed by atoms with E-state index in [2.05, 4.69) is 48.5 Å². The molecule has 0 aliphatic heterocycles. The van der Waals surface area contributed by atoms with E-state index in [0.29, 0.717) is 0 Å². The Morgan fingerprint density at radius 2 is 0.879 bits per heavy atom. The van der Waals surface area contributed by atoms with Gasteiger partial charge in [0.1, 0.15) is 0 Å². The van der Waals surface area contributed by atoms with E-state index < -0.39 is 0 Å². The van der Waals surface area contributed by atoms with Crippen molar-refractivity contribution in [3.05, 3.63) is 52.0 Å². The molecule has 33 heavy (non-hydrogen) atoms. The molecule has 0 radical (unpaired) electrons. The van der Waals surface area contributed by atoms with Gasteiger partial charge in [-0.2, -0.15) is 0 Å². The second kappa shape index (κ2) is 32.4. The summed E-state index contributed by atoms with van der Waals surface area (Å²) in [5.74, 6) is 4.28. The Hall–Kier alpha value is 0.363. The van der Waals surface area contributed by atoms with Crippen LogP contribution < -0.4 is 0 Å². The fourth-order valence-corrected chi connectivity index (χ4v) is 4.68. The fourth-order valence-electron chi connectivity index (χ4n) is 4.68. The summed E-state index contributed by atoms with van der Waals surface area (Å²) in [4.78, 5) is 0. The van der Waals surface area contributed by atoms with Gasteiger partial charge in [-0.05, 0) is 61.5 Å². The van der Waals surface area contributed by atoms with E-state index in [-0.39, 0.29) is 55.9 Å². The maximum atomic E-state index is 2.42. The fraction of sp³-hybridized carbons (Fsp3) is 0.750. The van der Waals surface area contributed by atoms with Crippen molar-refractivity contribution in [3.63, 3.8) is 0 Å². The normalized spacial score (nSPS) is 23.4. The molecule has 4 atom stereocenters. The van der Waals surface area contributed by atoms with Gasteiger partial charge in [-0.25, -0.2) is 0 Å². The number of allylic oxidation sites excluding steroid dienone is 4. The van der Waals surface area contributed by atoms with Crippen molar-refractivity contribution in [3.8, 4) is 0 Å². The number of hydrogen-bond donors (Lipinski definition) is 0. The summed E-state index contributed by atoms with van der Waals surface area (Å²) in [6.45, 7) is 32.5. The first kappa shape index (κ1) is 54.3. The number of hydrogen-bond acceptors (Lipinski definition) is 0. The van der Waals surface area contributed by atoms with Gasteiger partial charge in [-0.15, -0.1) is 0 Å². The summed E-state index contributed by atoms with van der Waals surface area (Å²) in [5, 5.41) is 0. The Morgan fingerprint density at radius 1 is 0.545 bits per heavy atom. The first-order chi connectivity index (χ1) is 13.4. The summed E-state index contributed by atoms with van der Waals surface area (Å²) in [6, 6.07) is 0. The Kier molecular flexibility index (Phi) is 53.3. The van der Waals surface area contributed by atoms with Crippen LogP contribution in [0.25, 0.3) is 0 Å². The molecule has 1 saturated carbocycles. The molecular weight excluding hydrogens is 476 g/mol. The standard InChI is InChI=1S/C14H22.C6H12.4C2H6.4CH3.Zr/c1-7-9(3)13-11(5)8(2)12(6)14(13)10(7)4;1-6-4-2-3-5-6;4*1-2;;;;;/h7,9,11,13H,1-6H3;6H,2-5H2,1H3;4*1-2H3;4*1H3;/q;;;;;;4*-1;+4/t7?,9-,11+,13?;;;;;;;;;;/m1........../s1. The zero-order valence-electron chi connectivity index (χ0n) is 27.2. The average molecular weight is 546 g/mol. The van der Waals surface area contributed by atoms with Crippen LogP contribution in [-0.4, -0.2) is 0 Å². The van der Waals surface area contributed by atoms with Gasteiger partial charge < -0.3 is 29.7 Å². The number of fused-ring (bicyclic) bond motifs is 1. The maximum absolute atomic E-state index is 2.42. The van der Waals surface area contributed by atoms with Gasteiger partial charge in [-0.1, -0.05) is 120 Å². The molecule has 1 heteroatoms. The van der Waals surface area contributed by atoms with Crippen molar-refractivity contribution < 1.29 is 26.2 Å². The van der Waals surface area contributed by atoms with Gasteiger partial charge in [0.2, 0.25) is 0 Å². The predicted octanol–water partition coefficient (Wildman–Crippen LogP) is 12.3.